The van der Waals surface area contributed by atoms with Gasteiger partial charge in [0.25, 0.3) is 0 Å². The van der Waals surface area contributed by atoms with Crippen LogP contribution in [-0.4, -0.2) is 32.9 Å². The van der Waals surface area contributed by atoms with Crippen LogP contribution in [0, 0.1) is 0 Å². The van der Waals surface area contributed by atoms with E-state index in [-0.39, 0.29) is 2.85 Å². The number of aryl methyl sites for hydroxylation is 1. The molecule has 0 aliphatic heterocycles. The Balaban J connectivity index is 0.00000101. The number of nitrogens with two attached hydrogens (primary N) is 1. The number of unbranched alkanes of at least 4 members (excludes halogenated alkanes) is 4. The van der Waals surface area contributed by atoms with Crippen LogP contribution in [-0.2, 0) is 6.42 Å². The number of nitrogens with one attached hydrogen (secondary N) is 1. The van der Waals surface area contributed by atoms with E-state index >= 15 is 0 Å². The number of alkyl halides is 1. The standard InChI is InChI=1S/C23H31FN4.C10H15NO.2H2/c1-5-18(21-15-26-20-12-13-22(25)28-23(20)27-21)14-17(4)10-8-6-7-9-11-19(24)16(2)3;12-11-9-5-4-8-10-6-2-1-3-7-10;;/h5,12-15,19H,2,6-11H2,1,3-4H3,(H2,25,27,28);1-3,6-7,11-12H,4-5,8-9H2;2*1H/b17-14+,18-5+;;;. The molecule has 3 aromatic rings. The van der Waals surface area contributed by atoms with Crippen LogP contribution in [0.3, 0.4) is 0 Å². The average molecular weight is 552 g/mol. The van der Waals surface area contributed by atoms with Gasteiger partial charge in [-0.25, -0.2) is 19.8 Å². The number of benzene rings is 1. The minimum absolute atomic E-state index is 0. The Morgan fingerprint density at radius 1 is 1.05 bits per heavy atom. The fourth-order valence-electron chi connectivity index (χ4n) is 4.20. The topological polar surface area (TPSA) is 97.0 Å². The minimum atomic E-state index is -0.855. The maximum Gasteiger partial charge on any atom is 0.180 e. The van der Waals surface area contributed by atoms with Gasteiger partial charge in [-0.2, -0.15) is 0 Å². The van der Waals surface area contributed by atoms with Crippen molar-refractivity contribution in [3.8, 4) is 0 Å². The third-order valence-corrected chi connectivity index (χ3v) is 6.60. The van der Waals surface area contributed by atoms with Gasteiger partial charge in [0.15, 0.2) is 5.65 Å². The summed E-state index contributed by atoms with van der Waals surface area (Å²) in [6.07, 6.45) is 14.1. The lowest BCUT2D eigenvalue weighted by Crippen LogP contribution is -2.08. The van der Waals surface area contributed by atoms with Crippen molar-refractivity contribution in [1.82, 2.24) is 20.4 Å². The molecule has 0 saturated carbocycles. The lowest BCUT2D eigenvalue weighted by Gasteiger charge is -2.08. The molecule has 6 nitrogen and oxygen atoms in total. The first-order valence-corrected chi connectivity index (χ1v) is 14.3. The SMILES string of the molecule is C=C(C)C(F)CCCCCC/C(C)=C/C(=C\C)c1cnc2ccc(N)nc2n1.ONCCCCc1ccccc1.[HH].[HH]. The summed E-state index contributed by atoms with van der Waals surface area (Å²) < 4.78 is 13.5. The monoisotopic (exact) mass is 551 g/mol. The van der Waals surface area contributed by atoms with E-state index in [0.29, 0.717) is 30.0 Å². The second-order valence-electron chi connectivity index (χ2n) is 10.2. The molecule has 3 rings (SSSR count). The van der Waals surface area contributed by atoms with E-state index in [9.17, 15) is 4.39 Å². The first-order chi connectivity index (χ1) is 19.3. The summed E-state index contributed by atoms with van der Waals surface area (Å²) in [4.78, 5) is 13.3. The molecule has 220 valence electrons. The zero-order valence-corrected chi connectivity index (χ0v) is 24.4. The van der Waals surface area contributed by atoms with E-state index in [4.69, 9.17) is 10.9 Å². The molecule has 0 fully saturated rings. The van der Waals surface area contributed by atoms with Crippen LogP contribution < -0.4 is 11.2 Å². The van der Waals surface area contributed by atoms with E-state index < -0.39 is 6.17 Å². The van der Waals surface area contributed by atoms with Gasteiger partial charge in [-0.15, -0.1) is 0 Å². The number of hydrogen-bond acceptors (Lipinski definition) is 6. The van der Waals surface area contributed by atoms with Crippen molar-refractivity contribution in [2.75, 3.05) is 12.3 Å². The molecule has 0 saturated heterocycles. The van der Waals surface area contributed by atoms with Gasteiger partial charge in [0.1, 0.15) is 17.5 Å². The smallest absolute Gasteiger partial charge is 0.180 e. The Morgan fingerprint density at radius 2 is 1.80 bits per heavy atom. The fourth-order valence-corrected chi connectivity index (χ4v) is 4.20. The third kappa shape index (κ3) is 12.6. The molecular weight excluding hydrogens is 501 g/mol. The number of aromatic nitrogens is 3. The number of nitrogens with zero attached hydrogens (tertiary/aromatic N) is 3. The molecule has 0 spiro atoms. The van der Waals surface area contributed by atoms with Gasteiger partial charge in [0.05, 0.1) is 11.9 Å². The van der Waals surface area contributed by atoms with Crippen LogP contribution >= 0.6 is 0 Å². The summed E-state index contributed by atoms with van der Waals surface area (Å²) in [7, 11) is 0. The van der Waals surface area contributed by atoms with Gasteiger partial charge >= 0.3 is 0 Å². The normalized spacial score (nSPS) is 12.6. The van der Waals surface area contributed by atoms with Crippen LogP contribution in [0.15, 0.2) is 78.5 Å². The highest BCUT2D eigenvalue weighted by molar-refractivity contribution is 5.77. The van der Waals surface area contributed by atoms with Crippen molar-refractivity contribution in [2.24, 2.45) is 0 Å². The molecule has 7 heteroatoms. The first kappa shape index (κ1) is 32.8. The molecule has 0 radical (unpaired) electrons. The number of rotatable bonds is 15. The van der Waals surface area contributed by atoms with Crippen molar-refractivity contribution in [3.05, 3.63) is 89.8 Å². The number of allylic oxidation sites excluding steroid dienone is 5. The highest BCUT2D eigenvalue weighted by Crippen LogP contribution is 2.21. The molecule has 0 amide bonds. The number of fused-ring (bicyclic) bond motifs is 1. The summed E-state index contributed by atoms with van der Waals surface area (Å²) in [5.74, 6) is 0.440. The molecule has 4 N–H and O–H groups in total. The molecule has 1 aromatic carbocycles. The maximum atomic E-state index is 13.5. The Morgan fingerprint density at radius 3 is 2.50 bits per heavy atom. The van der Waals surface area contributed by atoms with Crippen LogP contribution in [0.25, 0.3) is 16.7 Å². The van der Waals surface area contributed by atoms with Crippen LogP contribution in [0.5, 0.6) is 0 Å². The highest BCUT2D eigenvalue weighted by atomic mass is 19.1. The van der Waals surface area contributed by atoms with Crippen molar-refractivity contribution in [3.63, 3.8) is 0 Å². The van der Waals surface area contributed by atoms with Gasteiger partial charge in [-0.1, -0.05) is 73.9 Å². The first-order valence-electron chi connectivity index (χ1n) is 14.3. The van der Waals surface area contributed by atoms with Crippen molar-refractivity contribution >= 4 is 22.6 Å². The van der Waals surface area contributed by atoms with Gasteiger partial charge in [0, 0.05) is 9.40 Å². The number of hydroxylamine groups is 1. The lowest BCUT2D eigenvalue weighted by atomic mass is 10.0. The van der Waals surface area contributed by atoms with Crippen LogP contribution in [0.4, 0.5) is 10.2 Å². The maximum absolute atomic E-state index is 13.5. The zero-order chi connectivity index (χ0) is 29.2. The zero-order valence-electron chi connectivity index (χ0n) is 24.4. The second kappa shape index (κ2) is 18.8. The molecule has 0 aliphatic rings. The quantitative estimate of drug-likeness (QED) is 0.0756. The Bertz CT molecular complexity index is 1240. The van der Waals surface area contributed by atoms with E-state index in [1.54, 1.807) is 19.2 Å². The Labute approximate surface area is 242 Å². The van der Waals surface area contributed by atoms with Gasteiger partial charge in [-0.05, 0) is 88.1 Å². The molecule has 2 aromatic heterocycles. The minimum Gasteiger partial charge on any atom is -0.384 e. The summed E-state index contributed by atoms with van der Waals surface area (Å²) in [5, 5.41) is 8.31. The molecule has 1 unspecified atom stereocenters. The average Bonchev–Trinajstić information content (AvgIpc) is 2.96. The lowest BCUT2D eigenvalue weighted by molar-refractivity contribution is 0.165. The van der Waals surface area contributed by atoms with Gasteiger partial charge in [-0.3, -0.25) is 4.98 Å². The summed E-state index contributed by atoms with van der Waals surface area (Å²) in [5.41, 5.74) is 14.3. The molecule has 2 heterocycles. The molecule has 0 aliphatic carbocycles. The number of halogens is 1. The van der Waals surface area contributed by atoms with Gasteiger partial charge < -0.3 is 10.9 Å². The predicted molar refractivity (Wildman–Crippen MR) is 170 cm³/mol. The number of anilines is 1. The Hall–Kier alpha value is -3.42. The van der Waals surface area contributed by atoms with Crippen LogP contribution in [0.1, 0.15) is 86.2 Å². The molecule has 40 heavy (non-hydrogen) atoms. The Kier molecular flexibility index (Phi) is 15.4. The summed E-state index contributed by atoms with van der Waals surface area (Å²) in [6.45, 7) is 10.2. The summed E-state index contributed by atoms with van der Waals surface area (Å²) in [6, 6.07) is 14.0. The van der Waals surface area contributed by atoms with Gasteiger partial charge in [0.2, 0.25) is 0 Å². The van der Waals surface area contributed by atoms with Crippen molar-refractivity contribution < 1.29 is 12.5 Å². The van der Waals surface area contributed by atoms with Crippen LogP contribution in [0.2, 0.25) is 0 Å². The number of pyridine rings is 1. The predicted octanol–water partition coefficient (Wildman–Crippen LogP) is 8.69. The molecule has 0 bridgehead atoms. The fraction of sp³-hybridized carbons (Fsp3) is 0.424. The van der Waals surface area contributed by atoms with E-state index in [0.717, 1.165) is 68.2 Å². The third-order valence-electron chi connectivity index (χ3n) is 6.60. The molecular formula is C33H50FN5O. The highest BCUT2D eigenvalue weighted by Gasteiger charge is 2.07. The van der Waals surface area contributed by atoms with E-state index in [2.05, 4.69) is 64.3 Å². The van der Waals surface area contributed by atoms with E-state index in [1.807, 2.05) is 25.1 Å². The van der Waals surface area contributed by atoms with Crippen molar-refractivity contribution in [2.45, 2.75) is 84.7 Å². The second-order valence-corrected chi connectivity index (χ2v) is 10.2. The van der Waals surface area contributed by atoms with Crippen molar-refractivity contribution in [1.29, 1.82) is 0 Å². The number of nitrogen functional groups attached to an aromatic ring is 1. The molecule has 1 atom stereocenters. The summed E-state index contributed by atoms with van der Waals surface area (Å²) >= 11 is 0. The number of hydrogen-bond donors (Lipinski definition) is 3. The van der Waals surface area contributed by atoms with E-state index in [1.165, 1.54) is 11.1 Å². The largest absolute Gasteiger partial charge is 0.384 e.